The second kappa shape index (κ2) is 5.99. The van der Waals surface area contributed by atoms with E-state index in [1.54, 1.807) is 6.20 Å². The van der Waals surface area contributed by atoms with E-state index in [9.17, 15) is 0 Å². The highest BCUT2D eigenvalue weighted by atomic mass is 16.5. The van der Waals surface area contributed by atoms with E-state index in [0.717, 1.165) is 5.69 Å². The van der Waals surface area contributed by atoms with Crippen LogP contribution in [-0.4, -0.2) is 18.1 Å². The van der Waals surface area contributed by atoms with Crippen molar-refractivity contribution in [2.45, 2.75) is 6.61 Å². The van der Waals surface area contributed by atoms with E-state index in [0.29, 0.717) is 19.8 Å². The quantitative estimate of drug-likeness (QED) is 0.299. The molecule has 0 aliphatic rings. The van der Waals surface area contributed by atoms with Crippen LogP contribution in [0.4, 0.5) is 0 Å². The van der Waals surface area contributed by atoms with Gasteiger partial charge >= 0.3 is 0 Å². The highest BCUT2D eigenvalue weighted by molar-refractivity contribution is 5.01. The van der Waals surface area contributed by atoms with Crippen LogP contribution in [0.15, 0.2) is 29.5 Å². The first-order valence-electron chi connectivity index (χ1n) is 3.92. The minimum atomic E-state index is 0.364. The van der Waals surface area contributed by atoms with E-state index < -0.39 is 0 Å². The lowest BCUT2D eigenvalue weighted by Gasteiger charge is -1.99. The van der Waals surface area contributed by atoms with Crippen LogP contribution in [-0.2, 0) is 11.3 Å². The topological polar surface area (TPSA) is 70.9 Å². The molecule has 0 unspecified atom stereocenters. The summed E-state index contributed by atoms with van der Waals surface area (Å²) in [6, 6.07) is 5.64. The van der Waals surface area contributed by atoms with Crippen molar-refractivity contribution in [1.82, 2.24) is 4.98 Å². The van der Waals surface area contributed by atoms with E-state index in [2.05, 4.69) is 15.0 Å². The fourth-order valence-electron chi connectivity index (χ4n) is 0.810. The molecule has 1 rings (SSSR count). The molecule has 5 heteroatoms. The van der Waals surface area contributed by atoms with Crippen molar-refractivity contribution in [3.8, 4) is 0 Å². The van der Waals surface area contributed by atoms with Gasteiger partial charge in [0.2, 0.25) is 0 Å². The number of aromatic nitrogens is 1. The lowest BCUT2D eigenvalue weighted by molar-refractivity contribution is 0.125. The van der Waals surface area contributed by atoms with Gasteiger partial charge in [-0.05, 0) is 17.7 Å². The summed E-state index contributed by atoms with van der Waals surface area (Å²) in [7, 11) is 0. The fourth-order valence-corrected chi connectivity index (χ4v) is 0.810. The molecular weight excluding hydrogens is 168 g/mol. The molecule has 5 nitrogen and oxygen atoms in total. The Morgan fingerprint density at radius 3 is 3.15 bits per heavy atom. The second-order valence-electron chi connectivity index (χ2n) is 2.33. The molecule has 0 atom stereocenters. The van der Waals surface area contributed by atoms with Crippen LogP contribution in [0.25, 0.3) is 10.4 Å². The second-order valence-corrected chi connectivity index (χ2v) is 2.33. The Kier molecular flexibility index (Phi) is 4.38. The third-order valence-corrected chi connectivity index (χ3v) is 1.37. The van der Waals surface area contributed by atoms with Crippen LogP contribution in [0.1, 0.15) is 5.69 Å². The number of hydrogen-bond acceptors (Lipinski definition) is 3. The molecule has 0 saturated heterocycles. The lowest BCUT2D eigenvalue weighted by atomic mass is 10.4. The van der Waals surface area contributed by atoms with Crippen molar-refractivity contribution in [2.75, 3.05) is 13.2 Å². The Labute approximate surface area is 76.0 Å². The number of rotatable bonds is 5. The van der Waals surface area contributed by atoms with Gasteiger partial charge in [-0.3, -0.25) is 4.98 Å². The Morgan fingerprint density at radius 1 is 1.54 bits per heavy atom. The standard InChI is InChI=1S/C8H10N4O/c9-12-11-5-6-13-7-8-3-1-2-4-10-8/h1-4H,5-7H2. The van der Waals surface area contributed by atoms with Gasteiger partial charge in [-0.2, -0.15) is 0 Å². The smallest absolute Gasteiger partial charge is 0.0887 e. The van der Waals surface area contributed by atoms with Crippen molar-refractivity contribution in [2.24, 2.45) is 5.11 Å². The molecule has 0 aromatic carbocycles. The van der Waals surface area contributed by atoms with Crippen LogP contribution in [0.2, 0.25) is 0 Å². The molecule has 1 aromatic rings. The minimum Gasteiger partial charge on any atom is -0.375 e. The van der Waals surface area contributed by atoms with Crippen molar-refractivity contribution in [1.29, 1.82) is 0 Å². The molecule has 0 spiro atoms. The molecule has 0 aliphatic carbocycles. The van der Waals surface area contributed by atoms with Crippen LogP contribution in [0.3, 0.4) is 0 Å². The van der Waals surface area contributed by atoms with E-state index in [4.69, 9.17) is 10.3 Å². The van der Waals surface area contributed by atoms with Crippen molar-refractivity contribution < 1.29 is 4.74 Å². The third kappa shape index (κ3) is 4.10. The number of nitrogens with zero attached hydrogens (tertiary/aromatic N) is 4. The van der Waals surface area contributed by atoms with Crippen LogP contribution < -0.4 is 0 Å². The molecule has 1 aromatic heterocycles. The first-order valence-corrected chi connectivity index (χ1v) is 3.92. The van der Waals surface area contributed by atoms with Gasteiger partial charge in [0.15, 0.2) is 0 Å². The number of hydrogen-bond donors (Lipinski definition) is 0. The normalized spacial score (nSPS) is 9.23. The predicted octanol–water partition coefficient (Wildman–Crippen LogP) is 1.91. The van der Waals surface area contributed by atoms with Gasteiger partial charge in [0.1, 0.15) is 0 Å². The van der Waals surface area contributed by atoms with Gasteiger partial charge in [0.25, 0.3) is 0 Å². The first-order chi connectivity index (χ1) is 6.43. The summed E-state index contributed by atoms with van der Waals surface area (Å²) >= 11 is 0. The molecule has 0 bridgehead atoms. The van der Waals surface area contributed by atoms with Gasteiger partial charge in [-0.25, -0.2) is 0 Å². The summed E-state index contributed by atoms with van der Waals surface area (Å²) < 4.78 is 5.19. The number of azide groups is 1. The summed E-state index contributed by atoms with van der Waals surface area (Å²) in [6.07, 6.45) is 1.71. The van der Waals surface area contributed by atoms with Gasteiger partial charge in [-0.1, -0.05) is 11.2 Å². The summed E-state index contributed by atoms with van der Waals surface area (Å²) in [4.78, 5) is 6.68. The largest absolute Gasteiger partial charge is 0.375 e. The third-order valence-electron chi connectivity index (χ3n) is 1.37. The van der Waals surface area contributed by atoms with Gasteiger partial charge in [0, 0.05) is 17.7 Å². The molecule has 68 valence electrons. The molecule has 0 amide bonds. The molecule has 0 saturated carbocycles. The zero-order valence-corrected chi connectivity index (χ0v) is 7.13. The molecule has 1 heterocycles. The average Bonchev–Trinajstić information content (AvgIpc) is 2.19. The Morgan fingerprint density at radius 2 is 2.46 bits per heavy atom. The Balaban J connectivity index is 2.17. The maximum Gasteiger partial charge on any atom is 0.0887 e. The SMILES string of the molecule is [N-]=[N+]=NCCOCc1ccccn1. The van der Waals surface area contributed by atoms with Gasteiger partial charge in [0.05, 0.1) is 18.9 Å². The fraction of sp³-hybridized carbons (Fsp3) is 0.375. The Hall–Kier alpha value is -1.58. The van der Waals surface area contributed by atoms with Crippen molar-refractivity contribution >= 4 is 0 Å². The van der Waals surface area contributed by atoms with E-state index >= 15 is 0 Å². The molecule has 13 heavy (non-hydrogen) atoms. The molecule has 0 N–H and O–H groups in total. The maximum absolute atomic E-state index is 7.97. The highest BCUT2D eigenvalue weighted by Crippen LogP contribution is 1.95. The summed E-state index contributed by atoms with van der Waals surface area (Å²) in [6.45, 7) is 1.26. The van der Waals surface area contributed by atoms with E-state index in [-0.39, 0.29) is 0 Å². The van der Waals surface area contributed by atoms with Crippen LogP contribution >= 0.6 is 0 Å². The van der Waals surface area contributed by atoms with Crippen LogP contribution in [0.5, 0.6) is 0 Å². The molecular formula is C8H10N4O. The highest BCUT2D eigenvalue weighted by Gasteiger charge is 1.91. The van der Waals surface area contributed by atoms with E-state index in [1.165, 1.54) is 0 Å². The monoisotopic (exact) mass is 178 g/mol. The zero-order chi connectivity index (χ0) is 9.36. The van der Waals surface area contributed by atoms with Crippen molar-refractivity contribution in [3.05, 3.63) is 40.5 Å². The molecule has 0 aliphatic heterocycles. The van der Waals surface area contributed by atoms with Crippen LogP contribution in [0, 0.1) is 0 Å². The minimum absolute atomic E-state index is 0.364. The number of pyridine rings is 1. The summed E-state index contributed by atoms with van der Waals surface area (Å²) in [5, 5.41) is 3.34. The number of ether oxygens (including phenoxy) is 1. The molecule has 0 fully saturated rings. The predicted molar refractivity (Wildman–Crippen MR) is 47.9 cm³/mol. The Bertz CT molecular complexity index is 281. The van der Waals surface area contributed by atoms with Gasteiger partial charge in [-0.15, -0.1) is 0 Å². The van der Waals surface area contributed by atoms with Gasteiger partial charge < -0.3 is 4.74 Å². The first kappa shape index (κ1) is 9.51. The van der Waals surface area contributed by atoms with Crippen molar-refractivity contribution in [3.63, 3.8) is 0 Å². The average molecular weight is 178 g/mol. The zero-order valence-electron chi connectivity index (χ0n) is 7.13. The van der Waals surface area contributed by atoms with E-state index in [1.807, 2.05) is 18.2 Å². The lowest BCUT2D eigenvalue weighted by Crippen LogP contribution is -1.99. The maximum atomic E-state index is 7.97. The summed E-state index contributed by atoms with van der Waals surface area (Å²) in [5.74, 6) is 0. The summed E-state index contributed by atoms with van der Waals surface area (Å²) in [5.41, 5.74) is 8.85. The molecule has 0 radical (unpaired) electrons.